The van der Waals surface area contributed by atoms with Crippen molar-refractivity contribution in [2.75, 3.05) is 5.32 Å². The van der Waals surface area contributed by atoms with E-state index in [1.54, 1.807) is 12.4 Å². The predicted octanol–water partition coefficient (Wildman–Crippen LogP) is 0.398. The molecule has 0 unspecified atom stereocenters. The van der Waals surface area contributed by atoms with E-state index in [9.17, 15) is 4.79 Å². The Hall–Kier alpha value is -2.51. The molecule has 18 heavy (non-hydrogen) atoms. The van der Waals surface area contributed by atoms with E-state index in [0.29, 0.717) is 12.4 Å². The maximum Gasteiger partial charge on any atom is 0.356 e. The number of rotatable bonds is 5. The zero-order valence-corrected chi connectivity index (χ0v) is 9.74. The Bertz CT molecular complexity index is 536. The summed E-state index contributed by atoms with van der Waals surface area (Å²) in [5, 5.41) is 26.8. The molecule has 0 atom stereocenters. The van der Waals surface area contributed by atoms with Crippen LogP contribution in [0.4, 0.5) is 5.82 Å². The number of aryl methyl sites for hydroxylation is 1. The summed E-state index contributed by atoms with van der Waals surface area (Å²) in [6.45, 7) is 3.23. The van der Waals surface area contributed by atoms with Crippen LogP contribution in [0.15, 0.2) is 18.5 Å². The molecule has 0 fully saturated rings. The molecule has 2 aromatic rings. The van der Waals surface area contributed by atoms with Crippen LogP contribution < -0.4 is 5.32 Å². The van der Waals surface area contributed by atoms with Crippen molar-refractivity contribution in [3.8, 4) is 0 Å². The molecule has 2 aromatic heterocycles. The van der Waals surface area contributed by atoms with Gasteiger partial charge in [0.1, 0.15) is 12.1 Å². The van der Waals surface area contributed by atoms with Gasteiger partial charge in [0.05, 0.1) is 6.54 Å². The van der Waals surface area contributed by atoms with E-state index in [-0.39, 0.29) is 5.69 Å². The number of hydrogen-bond donors (Lipinski definition) is 2. The van der Waals surface area contributed by atoms with Gasteiger partial charge in [-0.3, -0.25) is 0 Å². The number of carboxylic acids is 1. The lowest BCUT2D eigenvalue weighted by Gasteiger charge is -2.05. The van der Waals surface area contributed by atoms with E-state index < -0.39 is 5.97 Å². The van der Waals surface area contributed by atoms with Crippen molar-refractivity contribution in [1.29, 1.82) is 0 Å². The molecular weight excluding hydrogens is 236 g/mol. The summed E-state index contributed by atoms with van der Waals surface area (Å²) < 4.78 is 1.89. The molecule has 0 aliphatic carbocycles. The van der Waals surface area contributed by atoms with E-state index in [1.165, 1.54) is 6.07 Å². The summed E-state index contributed by atoms with van der Waals surface area (Å²) in [6, 6.07) is 2.95. The molecular formula is C10H12N6O2. The Labute approximate surface area is 103 Å². The number of nitrogens with one attached hydrogen (secondary N) is 1. The third kappa shape index (κ3) is 2.59. The molecule has 0 aliphatic heterocycles. The molecule has 0 saturated carbocycles. The maximum atomic E-state index is 10.6. The minimum Gasteiger partial charge on any atom is -0.476 e. The Balaban J connectivity index is 2.00. The average molecular weight is 248 g/mol. The topological polar surface area (TPSA) is 106 Å². The van der Waals surface area contributed by atoms with Gasteiger partial charge in [-0.15, -0.1) is 20.4 Å². The van der Waals surface area contributed by atoms with Crippen LogP contribution >= 0.6 is 0 Å². The standard InChI is InChI=1S/C10H12N6O2/c1-2-16-6-12-15-9(16)5-11-8-4-3-7(10(17)18)13-14-8/h3-4,6H,2,5H2,1H3,(H,11,14)(H,17,18). The first-order valence-corrected chi connectivity index (χ1v) is 5.38. The Morgan fingerprint density at radius 1 is 1.39 bits per heavy atom. The van der Waals surface area contributed by atoms with E-state index in [2.05, 4.69) is 25.7 Å². The summed E-state index contributed by atoms with van der Waals surface area (Å²) >= 11 is 0. The summed E-state index contributed by atoms with van der Waals surface area (Å²) in [5.41, 5.74) is -0.0859. The molecule has 0 amide bonds. The van der Waals surface area contributed by atoms with Crippen LogP contribution in [-0.2, 0) is 13.1 Å². The van der Waals surface area contributed by atoms with E-state index in [4.69, 9.17) is 5.11 Å². The summed E-state index contributed by atoms with van der Waals surface area (Å²) in [6.07, 6.45) is 1.65. The molecule has 0 spiro atoms. The normalized spacial score (nSPS) is 10.3. The van der Waals surface area contributed by atoms with Gasteiger partial charge >= 0.3 is 5.97 Å². The van der Waals surface area contributed by atoms with Gasteiger partial charge < -0.3 is 15.0 Å². The first-order valence-electron chi connectivity index (χ1n) is 5.38. The van der Waals surface area contributed by atoms with Gasteiger partial charge in [0.2, 0.25) is 0 Å². The van der Waals surface area contributed by atoms with Crippen molar-refractivity contribution in [3.63, 3.8) is 0 Å². The molecule has 0 bridgehead atoms. The van der Waals surface area contributed by atoms with Crippen molar-refractivity contribution in [3.05, 3.63) is 30.0 Å². The highest BCUT2D eigenvalue weighted by Gasteiger charge is 2.06. The fourth-order valence-corrected chi connectivity index (χ4v) is 1.39. The lowest BCUT2D eigenvalue weighted by molar-refractivity contribution is 0.0689. The number of aromatic nitrogens is 5. The van der Waals surface area contributed by atoms with E-state index >= 15 is 0 Å². The SMILES string of the molecule is CCn1cnnc1CNc1ccc(C(=O)O)nn1. The second-order valence-electron chi connectivity index (χ2n) is 3.50. The van der Waals surface area contributed by atoms with Gasteiger partial charge in [-0.05, 0) is 19.1 Å². The molecule has 2 heterocycles. The second-order valence-corrected chi connectivity index (χ2v) is 3.50. The fraction of sp³-hybridized carbons (Fsp3) is 0.300. The third-order valence-corrected chi connectivity index (χ3v) is 2.35. The predicted molar refractivity (Wildman–Crippen MR) is 62.0 cm³/mol. The van der Waals surface area contributed by atoms with Crippen LogP contribution in [0, 0.1) is 0 Å². The number of hydrogen-bond acceptors (Lipinski definition) is 6. The fourth-order valence-electron chi connectivity index (χ4n) is 1.39. The van der Waals surface area contributed by atoms with Gasteiger partial charge in [-0.25, -0.2) is 4.79 Å². The number of carbonyl (C=O) groups is 1. The van der Waals surface area contributed by atoms with Crippen LogP contribution in [0.2, 0.25) is 0 Å². The molecule has 2 rings (SSSR count). The zero-order chi connectivity index (χ0) is 13.0. The van der Waals surface area contributed by atoms with Crippen LogP contribution in [-0.4, -0.2) is 36.0 Å². The molecule has 8 nitrogen and oxygen atoms in total. The summed E-state index contributed by atoms with van der Waals surface area (Å²) in [5.74, 6) is 0.173. The third-order valence-electron chi connectivity index (χ3n) is 2.35. The van der Waals surface area contributed by atoms with Crippen LogP contribution in [0.1, 0.15) is 23.2 Å². The van der Waals surface area contributed by atoms with Crippen LogP contribution in [0.25, 0.3) is 0 Å². The highest BCUT2D eigenvalue weighted by Crippen LogP contribution is 2.04. The van der Waals surface area contributed by atoms with Crippen molar-refractivity contribution < 1.29 is 9.90 Å². The van der Waals surface area contributed by atoms with Gasteiger partial charge in [0, 0.05) is 6.54 Å². The highest BCUT2D eigenvalue weighted by atomic mass is 16.4. The van der Waals surface area contributed by atoms with Crippen LogP contribution in [0.3, 0.4) is 0 Å². The Morgan fingerprint density at radius 2 is 2.22 bits per heavy atom. The van der Waals surface area contributed by atoms with Gasteiger partial charge in [0.15, 0.2) is 11.5 Å². The maximum absolute atomic E-state index is 10.6. The van der Waals surface area contributed by atoms with Crippen molar-refractivity contribution in [2.45, 2.75) is 20.0 Å². The summed E-state index contributed by atoms with van der Waals surface area (Å²) in [4.78, 5) is 10.6. The van der Waals surface area contributed by atoms with Gasteiger partial charge in [0.25, 0.3) is 0 Å². The highest BCUT2D eigenvalue weighted by molar-refractivity contribution is 5.85. The van der Waals surface area contributed by atoms with Crippen LogP contribution in [0.5, 0.6) is 0 Å². The largest absolute Gasteiger partial charge is 0.476 e. The number of anilines is 1. The molecule has 0 radical (unpaired) electrons. The van der Waals surface area contributed by atoms with Crippen molar-refractivity contribution in [1.82, 2.24) is 25.0 Å². The second kappa shape index (κ2) is 5.21. The minimum absolute atomic E-state index is 0.0859. The average Bonchev–Trinajstić information content (AvgIpc) is 2.84. The van der Waals surface area contributed by atoms with Gasteiger partial charge in [-0.1, -0.05) is 0 Å². The Kier molecular flexibility index (Phi) is 3.46. The molecule has 94 valence electrons. The minimum atomic E-state index is -1.10. The quantitative estimate of drug-likeness (QED) is 0.788. The number of carboxylic acid groups (broad SMARTS) is 1. The lowest BCUT2D eigenvalue weighted by atomic mass is 10.4. The lowest BCUT2D eigenvalue weighted by Crippen LogP contribution is -2.10. The molecule has 0 aromatic carbocycles. The number of nitrogens with zero attached hydrogens (tertiary/aromatic N) is 5. The smallest absolute Gasteiger partial charge is 0.356 e. The van der Waals surface area contributed by atoms with Gasteiger partial charge in [-0.2, -0.15) is 0 Å². The Morgan fingerprint density at radius 3 is 2.83 bits per heavy atom. The molecule has 2 N–H and O–H groups in total. The van der Waals surface area contributed by atoms with Crippen molar-refractivity contribution in [2.24, 2.45) is 0 Å². The monoisotopic (exact) mass is 248 g/mol. The first-order chi connectivity index (χ1) is 8.70. The van der Waals surface area contributed by atoms with E-state index in [0.717, 1.165) is 12.4 Å². The molecule has 0 aliphatic rings. The zero-order valence-electron chi connectivity index (χ0n) is 9.74. The van der Waals surface area contributed by atoms with E-state index in [1.807, 2.05) is 11.5 Å². The first kappa shape index (κ1) is 12.0. The molecule has 0 saturated heterocycles. The number of aromatic carboxylic acids is 1. The van der Waals surface area contributed by atoms with Crippen molar-refractivity contribution >= 4 is 11.8 Å². The summed E-state index contributed by atoms with van der Waals surface area (Å²) in [7, 11) is 0. The molecule has 8 heteroatoms.